The third-order valence-electron chi connectivity index (χ3n) is 5.28. The van der Waals surface area contributed by atoms with E-state index in [4.69, 9.17) is 32.7 Å². The zero-order valence-corrected chi connectivity index (χ0v) is 21.9. The molecule has 0 radical (unpaired) electrons. The van der Waals surface area contributed by atoms with E-state index in [9.17, 15) is 14.9 Å². The number of methoxy groups -OCH3 is 2. The molecular formula is C27H19Cl2N3O4S. The van der Waals surface area contributed by atoms with Crippen LogP contribution in [0, 0.1) is 11.3 Å². The minimum atomic E-state index is -0.713. The molecule has 37 heavy (non-hydrogen) atoms. The van der Waals surface area contributed by atoms with E-state index in [1.54, 1.807) is 60.7 Å². The number of thiazole rings is 1. The maximum atomic E-state index is 13.6. The number of hydrogen-bond acceptors (Lipinski definition) is 6. The van der Waals surface area contributed by atoms with E-state index in [0.717, 1.165) is 11.3 Å². The van der Waals surface area contributed by atoms with Crippen molar-refractivity contribution < 1.29 is 14.3 Å². The van der Waals surface area contributed by atoms with E-state index in [2.05, 4.69) is 5.32 Å². The van der Waals surface area contributed by atoms with Crippen molar-refractivity contribution in [3.8, 4) is 23.3 Å². The summed E-state index contributed by atoms with van der Waals surface area (Å²) in [6.45, 7) is 0. The average molecular weight is 552 g/mol. The zero-order valence-electron chi connectivity index (χ0n) is 19.6. The Hall–Kier alpha value is -4.03. The number of aromatic nitrogens is 1. The van der Waals surface area contributed by atoms with Gasteiger partial charge in [0.05, 0.1) is 35.1 Å². The van der Waals surface area contributed by atoms with Crippen LogP contribution in [0.1, 0.15) is 5.56 Å². The molecule has 0 saturated heterocycles. The SMILES string of the molecule is COc1ccc(/C=c2/s/c(=C(\C#N)C(=O)Nc3ccc(Cl)cc3Cl)n(-c3ccccc3)c2=O)cc1OC. The molecule has 0 spiro atoms. The van der Waals surface area contributed by atoms with Gasteiger partial charge in [-0.1, -0.05) is 47.5 Å². The number of rotatable bonds is 6. The molecule has 0 saturated carbocycles. The van der Waals surface area contributed by atoms with E-state index in [-0.39, 0.29) is 26.5 Å². The van der Waals surface area contributed by atoms with Gasteiger partial charge in [-0.3, -0.25) is 14.2 Å². The van der Waals surface area contributed by atoms with Crippen LogP contribution >= 0.6 is 34.5 Å². The van der Waals surface area contributed by atoms with Gasteiger partial charge in [-0.05, 0) is 54.1 Å². The molecule has 7 nitrogen and oxygen atoms in total. The third kappa shape index (κ3) is 5.54. The molecular weight excluding hydrogens is 533 g/mol. The second-order valence-corrected chi connectivity index (χ2v) is 9.45. The fourth-order valence-corrected chi connectivity index (χ4v) is 5.08. The molecule has 0 bridgehead atoms. The van der Waals surface area contributed by atoms with Crippen LogP contribution in [-0.4, -0.2) is 24.7 Å². The molecule has 186 valence electrons. The van der Waals surface area contributed by atoms with Crippen molar-refractivity contribution in [2.24, 2.45) is 0 Å². The number of nitriles is 1. The molecule has 1 aromatic heterocycles. The highest BCUT2D eigenvalue weighted by Gasteiger charge is 2.18. The number of benzene rings is 3. The minimum absolute atomic E-state index is 0.174. The van der Waals surface area contributed by atoms with Gasteiger partial charge in [0.2, 0.25) is 0 Å². The van der Waals surface area contributed by atoms with Crippen LogP contribution in [0.2, 0.25) is 10.0 Å². The summed E-state index contributed by atoms with van der Waals surface area (Å²) in [5.41, 5.74) is 0.843. The molecule has 0 unspecified atom stereocenters. The highest BCUT2D eigenvalue weighted by Crippen LogP contribution is 2.28. The monoisotopic (exact) mass is 551 g/mol. The van der Waals surface area contributed by atoms with Gasteiger partial charge in [0.25, 0.3) is 11.5 Å². The van der Waals surface area contributed by atoms with Crippen molar-refractivity contribution in [1.29, 1.82) is 5.26 Å². The lowest BCUT2D eigenvalue weighted by Crippen LogP contribution is -2.32. The van der Waals surface area contributed by atoms with Gasteiger partial charge in [0, 0.05) is 5.02 Å². The predicted octanol–water partition coefficient (Wildman–Crippen LogP) is 4.36. The average Bonchev–Trinajstić information content (AvgIpc) is 3.21. The number of carbonyl (C=O) groups excluding carboxylic acids is 1. The van der Waals surface area contributed by atoms with E-state index >= 15 is 0 Å². The van der Waals surface area contributed by atoms with Crippen molar-refractivity contribution in [2.45, 2.75) is 0 Å². The fourth-order valence-electron chi connectivity index (χ4n) is 3.53. The number of halogens is 2. The molecule has 4 aromatic rings. The van der Waals surface area contributed by atoms with Gasteiger partial charge < -0.3 is 14.8 Å². The lowest BCUT2D eigenvalue weighted by molar-refractivity contribution is -0.111. The summed E-state index contributed by atoms with van der Waals surface area (Å²) in [6, 6.07) is 20.5. The van der Waals surface area contributed by atoms with Crippen molar-refractivity contribution in [3.05, 3.63) is 102 Å². The van der Waals surface area contributed by atoms with Crippen LogP contribution in [0.4, 0.5) is 5.69 Å². The number of carbonyl (C=O) groups is 1. The van der Waals surface area contributed by atoms with Gasteiger partial charge in [-0.2, -0.15) is 5.26 Å². The first-order valence-electron chi connectivity index (χ1n) is 10.8. The molecule has 0 atom stereocenters. The highest BCUT2D eigenvalue weighted by molar-refractivity contribution is 7.07. The number of amides is 1. The first-order chi connectivity index (χ1) is 17.9. The smallest absolute Gasteiger partial charge is 0.273 e. The summed E-state index contributed by atoms with van der Waals surface area (Å²) in [6.07, 6.45) is 1.67. The number of para-hydroxylation sites is 1. The normalized spacial score (nSPS) is 12.0. The summed E-state index contributed by atoms with van der Waals surface area (Å²) >= 11 is 13.2. The largest absolute Gasteiger partial charge is 0.493 e. The molecule has 0 fully saturated rings. The molecule has 3 aromatic carbocycles. The Kier molecular flexibility index (Phi) is 7.99. The van der Waals surface area contributed by atoms with Gasteiger partial charge in [0.15, 0.2) is 17.1 Å². The van der Waals surface area contributed by atoms with Crippen molar-refractivity contribution >= 4 is 57.8 Å². The summed E-state index contributed by atoms with van der Waals surface area (Å²) in [5.74, 6) is 0.334. The van der Waals surface area contributed by atoms with Crippen molar-refractivity contribution in [1.82, 2.24) is 4.57 Å². The standard InChI is InChI=1S/C27H19Cl2N3O4S/c1-35-22-11-8-16(12-23(22)36-2)13-24-26(34)32(18-6-4-3-5-7-18)27(37-24)19(15-30)25(33)31-21-10-9-17(28)14-20(21)29/h3-14H,1-2H3,(H,31,33)/b24-13+,27-19+. The Morgan fingerprint density at radius 1 is 1.03 bits per heavy atom. The van der Waals surface area contributed by atoms with E-state index in [0.29, 0.717) is 32.3 Å². The molecule has 0 aliphatic rings. The van der Waals surface area contributed by atoms with E-state index < -0.39 is 5.91 Å². The van der Waals surface area contributed by atoms with Crippen LogP contribution in [0.3, 0.4) is 0 Å². The van der Waals surface area contributed by atoms with Gasteiger partial charge >= 0.3 is 0 Å². The van der Waals surface area contributed by atoms with Crippen LogP contribution < -0.4 is 29.5 Å². The first kappa shape index (κ1) is 26.0. The van der Waals surface area contributed by atoms with Crippen LogP contribution in [-0.2, 0) is 4.79 Å². The summed E-state index contributed by atoms with van der Waals surface area (Å²) in [5, 5.41) is 13.2. The maximum Gasteiger partial charge on any atom is 0.273 e. The topological polar surface area (TPSA) is 93.4 Å². The Labute approximate surface area is 226 Å². The molecule has 1 heterocycles. The number of hydrogen-bond donors (Lipinski definition) is 1. The number of ether oxygens (including phenoxy) is 2. The minimum Gasteiger partial charge on any atom is -0.493 e. The molecule has 1 N–H and O–H groups in total. The maximum absolute atomic E-state index is 13.6. The number of nitrogens with zero attached hydrogens (tertiary/aromatic N) is 2. The van der Waals surface area contributed by atoms with Crippen molar-refractivity contribution in [2.75, 3.05) is 19.5 Å². The number of nitrogens with one attached hydrogen (secondary N) is 1. The van der Waals surface area contributed by atoms with Gasteiger partial charge in [-0.15, -0.1) is 11.3 Å². The predicted molar refractivity (Wildman–Crippen MR) is 146 cm³/mol. The Bertz CT molecular complexity index is 1710. The Morgan fingerprint density at radius 3 is 2.41 bits per heavy atom. The Morgan fingerprint density at radius 2 is 1.76 bits per heavy atom. The fraction of sp³-hybridized carbons (Fsp3) is 0.0741. The van der Waals surface area contributed by atoms with Gasteiger partial charge in [-0.25, -0.2) is 0 Å². The molecule has 10 heteroatoms. The van der Waals surface area contributed by atoms with Crippen LogP contribution in [0.15, 0.2) is 71.5 Å². The van der Waals surface area contributed by atoms with E-state index in [1.165, 1.54) is 30.9 Å². The van der Waals surface area contributed by atoms with Gasteiger partial charge in [0.1, 0.15) is 10.7 Å². The summed E-state index contributed by atoms with van der Waals surface area (Å²) in [7, 11) is 3.06. The molecule has 1 amide bonds. The second-order valence-electron chi connectivity index (χ2n) is 7.57. The second kappa shape index (κ2) is 11.4. The third-order valence-corrected chi connectivity index (χ3v) is 6.92. The lowest BCUT2D eigenvalue weighted by Gasteiger charge is -2.07. The van der Waals surface area contributed by atoms with Crippen molar-refractivity contribution in [3.63, 3.8) is 0 Å². The molecule has 0 aliphatic heterocycles. The molecule has 0 aliphatic carbocycles. The quantitative estimate of drug-likeness (QED) is 0.384. The molecule has 4 rings (SSSR count). The zero-order chi connectivity index (χ0) is 26.5. The highest BCUT2D eigenvalue weighted by atomic mass is 35.5. The Balaban J connectivity index is 1.94. The van der Waals surface area contributed by atoms with E-state index in [1.807, 2.05) is 6.07 Å². The van der Waals surface area contributed by atoms with Crippen LogP contribution in [0.5, 0.6) is 11.5 Å². The first-order valence-corrected chi connectivity index (χ1v) is 12.4. The lowest BCUT2D eigenvalue weighted by atomic mass is 10.2. The van der Waals surface area contributed by atoms with Crippen LogP contribution in [0.25, 0.3) is 17.3 Å². The summed E-state index contributed by atoms with van der Waals surface area (Å²) in [4.78, 5) is 26.7. The number of anilines is 1. The summed E-state index contributed by atoms with van der Waals surface area (Å²) < 4.78 is 12.5.